The van der Waals surface area contributed by atoms with Gasteiger partial charge in [-0.2, -0.15) is 0 Å². The first-order valence-electron chi connectivity index (χ1n) is 6.43. The first kappa shape index (κ1) is 17.2. The largest absolute Gasteiger partial charge is 0.444 e. The van der Waals surface area contributed by atoms with Crippen LogP contribution in [0.4, 0.5) is 4.79 Å². The van der Waals surface area contributed by atoms with E-state index in [0.717, 1.165) is 19.6 Å². The Hall–Kier alpha value is -0.810. The Labute approximate surface area is 111 Å². The van der Waals surface area contributed by atoms with Crippen LogP contribution >= 0.6 is 0 Å². The molecule has 0 radical (unpaired) electrons. The van der Waals surface area contributed by atoms with E-state index in [1.54, 1.807) is 0 Å². The number of hydrogen-bond donors (Lipinski definition) is 1. The number of carbonyl (C=O) groups excluding carboxylic acids is 1. The van der Waals surface area contributed by atoms with Gasteiger partial charge in [0.25, 0.3) is 0 Å². The lowest BCUT2D eigenvalue weighted by atomic mass is 10.2. The van der Waals surface area contributed by atoms with Gasteiger partial charge >= 0.3 is 6.09 Å². The molecule has 108 valence electrons. The van der Waals surface area contributed by atoms with Crippen LogP contribution < -0.4 is 5.32 Å². The molecule has 0 saturated carbocycles. The predicted octanol–water partition coefficient (Wildman–Crippen LogP) is 1.39. The van der Waals surface area contributed by atoms with Gasteiger partial charge in [0.1, 0.15) is 5.60 Å². The van der Waals surface area contributed by atoms with Crippen molar-refractivity contribution in [3.63, 3.8) is 0 Å². The second kappa shape index (κ2) is 7.59. The van der Waals surface area contributed by atoms with Crippen molar-refractivity contribution < 1.29 is 9.53 Å². The fourth-order valence-corrected chi connectivity index (χ4v) is 1.48. The molecule has 0 spiro atoms. The van der Waals surface area contributed by atoms with E-state index in [4.69, 9.17) is 4.74 Å². The molecule has 0 aromatic heterocycles. The van der Waals surface area contributed by atoms with Gasteiger partial charge in [-0.3, -0.25) is 0 Å². The van der Waals surface area contributed by atoms with Crippen LogP contribution in [0, 0.1) is 0 Å². The van der Waals surface area contributed by atoms with E-state index in [9.17, 15) is 4.79 Å². The van der Waals surface area contributed by atoms with Crippen molar-refractivity contribution in [3.05, 3.63) is 0 Å². The van der Waals surface area contributed by atoms with Crippen LogP contribution in [0.1, 0.15) is 27.7 Å². The lowest BCUT2D eigenvalue weighted by Crippen LogP contribution is -2.44. The molecular weight excluding hydrogens is 230 g/mol. The molecular formula is C13H29N3O2. The maximum Gasteiger partial charge on any atom is 0.407 e. The highest BCUT2D eigenvalue weighted by Gasteiger charge is 2.18. The van der Waals surface area contributed by atoms with Crippen molar-refractivity contribution in [2.24, 2.45) is 0 Å². The minimum Gasteiger partial charge on any atom is -0.444 e. The summed E-state index contributed by atoms with van der Waals surface area (Å²) < 4.78 is 5.21. The molecule has 0 unspecified atom stereocenters. The molecule has 0 aliphatic rings. The smallest absolute Gasteiger partial charge is 0.407 e. The van der Waals surface area contributed by atoms with E-state index < -0.39 is 5.60 Å². The quantitative estimate of drug-likeness (QED) is 0.783. The van der Waals surface area contributed by atoms with Gasteiger partial charge in [0.2, 0.25) is 0 Å². The molecule has 1 atom stereocenters. The van der Waals surface area contributed by atoms with E-state index >= 15 is 0 Å². The normalized spacial score (nSPS) is 13.8. The number of hydrogen-bond acceptors (Lipinski definition) is 4. The molecule has 0 aromatic rings. The highest BCUT2D eigenvalue weighted by Crippen LogP contribution is 2.06. The number of alkyl carbamates (subject to hydrolysis) is 1. The summed E-state index contributed by atoms with van der Waals surface area (Å²) in [6.07, 6.45) is -0.351. The van der Waals surface area contributed by atoms with Crippen LogP contribution in [0.15, 0.2) is 0 Å². The standard InChI is InChI=1S/C13H29N3O2/c1-11(10-16(7)9-8-15(5)6)14-12(17)18-13(2,3)4/h11H,8-10H2,1-7H3,(H,14,17)/t11-/m0/s1. The molecule has 1 N–H and O–H groups in total. The van der Waals surface area contributed by atoms with Crippen molar-refractivity contribution in [2.45, 2.75) is 39.3 Å². The summed E-state index contributed by atoms with van der Waals surface area (Å²) in [5.74, 6) is 0. The van der Waals surface area contributed by atoms with Gasteiger partial charge in [-0.05, 0) is 48.8 Å². The van der Waals surface area contributed by atoms with Crippen molar-refractivity contribution in [2.75, 3.05) is 40.8 Å². The average Bonchev–Trinajstić information content (AvgIpc) is 2.10. The first-order valence-corrected chi connectivity index (χ1v) is 6.43. The topological polar surface area (TPSA) is 44.8 Å². The second-order valence-corrected chi connectivity index (χ2v) is 6.11. The van der Waals surface area contributed by atoms with E-state index in [1.807, 2.05) is 27.7 Å². The number of likely N-dealkylation sites (N-methyl/N-ethyl adjacent to an activating group) is 2. The minimum atomic E-state index is -0.444. The molecule has 0 bridgehead atoms. The third-order valence-electron chi connectivity index (χ3n) is 2.28. The molecule has 0 fully saturated rings. The zero-order valence-electron chi connectivity index (χ0n) is 12.9. The summed E-state index contributed by atoms with van der Waals surface area (Å²) in [6, 6.07) is 0.0759. The lowest BCUT2D eigenvalue weighted by molar-refractivity contribution is 0.0499. The zero-order valence-corrected chi connectivity index (χ0v) is 12.9. The Balaban J connectivity index is 3.89. The third-order valence-corrected chi connectivity index (χ3v) is 2.28. The summed E-state index contributed by atoms with van der Waals surface area (Å²) in [5, 5.41) is 2.84. The van der Waals surface area contributed by atoms with Crippen LogP contribution in [0.5, 0.6) is 0 Å². The third kappa shape index (κ3) is 10.4. The molecule has 0 heterocycles. The van der Waals surface area contributed by atoms with Gasteiger partial charge in [0.15, 0.2) is 0 Å². The minimum absolute atomic E-state index is 0.0759. The van der Waals surface area contributed by atoms with Crippen molar-refractivity contribution in [1.29, 1.82) is 0 Å². The molecule has 0 rings (SSSR count). The number of nitrogens with zero attached hydrogens (tertiary/aromatic N) is 2. The Morgan fingerprint density at radius 2 is 1.78 bits per heavy atom. The van der Waals surface area contributed by atoms with Crippen LogP contribution in [-0.2, 0) is 4.74 Å². The fourth-order valence-electron chi connectivity index (χ4n) is 1.48. The van der Waals surface area contributed by atoms with Gasteiger partial charge in [-0.1, -0.05) is 0 Å². The van der Waals surface area contributed by atoms with Crippen molar-refractivity contribution in [1.82, 2.24) is 15.1 Å². The maximum atomic E-state index is 11.6. The fraction of sp³-hybridized carbons (Fsp3) is 0.923. The summed E-state index contributed by atoms with van der Waals surface area (Å²) >= 11 is 0. The van der Waals surface area contributed by atoms with E-state index in [-0.39, 0.29) is 12.1 Å². The maximum absolute atomic E-state index is 11.6. The second-order valence-electron chi connectivity index (χ2n) is 6.11. The molecule has 0 aliphatic heterocycles. The zero-order chi connectivity index (χ0) is 14.3. The van der Waals surface area contributed by atoms with Gasteiger partial charge in [-0.25, -0.2) is 4.79 Å². The highest BCUT2D eigenvalue weighted by atomic mass is 16.6. The summed E-state index contributed by atoms with van der Waals surface area (Å²) in [5.41, 5.74) is -0.444. The Bertz CT molecular complexity index is 249. The molecule has 0 aliphatic carbocycles. The molecule has 0 aromatic carbocycles. The predicted molar refractivity (Wildman–Crippen MR) is 74.9 cm³/mol. The molecule has 0 saturated heterocycles. The average molecular weight is 259 g/mol. The number of nitrogens with one attached hydrogen (secondary N) is 1. The van der Waals surface area contributed by atoms with Gasteiger partial charge < -0.3 is 19.9 Å². The molecule has 18 heavy (non-hydrogen) atoms. The van der Waals surface area contributed by atoms with Gasteiger partial charge in [-0.15, -0.1) is 0 Å². The van der Waals surface area contributed by atoms with E-state index in [2.05, 4.69) is 36.3 Å². The monoisotopic (exact) mass is 259 g/mol. The number of amides is 1. The molecule has 5 heteroatoms. The summed E-state index contributed by atoms with van der Waals surface area (Å²) in [4.78, 5) is 15.9. The number of rotatable bonds is 6. The molecule has 1 amide bonds. The van der Waals surface area contributed by atoms with Crippen LogP contribution in [0.3, 0.4) is 0 Å². The van der Waals surface area contributed by atoms with Crippen LogP contribution in [0.25, 0.3) is 0 Å². The molecule has 5 nitrogen and oxygen atoms in total. The highest BCUT2D eigenvalue weighted by molar-refractivity contribution is 5.68. The van der Waals surface area contributed by atoms with Crippen LogP contribution in [0.2, 0.25) is 0 Å². The lowest BCUT2D eigenvalue weighted by Gasteiger charge is -2.25. The van der Waals surface area contributed by atoms with Gasteiger partial charge in [0.05, 0.1) is 0 Å². The first-order chi connectivity index (χ1) is 8.10. The van der Waals surface area contributed by atoms with Crippen molar-refractivity contribution >= 4 is 6.09 Å². The summed E-state index contributed by atoms with van der Waals surface area (Å²) in [6.45, 7) is 10.4. The number of carbonyl (C=O) groups is 1. The van der Waals surface area contributed by atoms with Crippen molar-refractivity contribution in [3.8, 4) is 0 Å². The number of ether oxygens (including phenoxy) is 1. The van der Waals surface area contributed by atoms with Crippen LogP contribution in [-0.4, -0.2) is 68.3 Å². The van der Waals surface area contributed by atoms with E-state index in [1.165, 1.54) is 0 Å². The Morgan fingerprint density at radius 1 is 1.22 bits per heavy atom. The van der Waals surface area contributed by atoms with E-state index in [0.29, 0.717) is 0 Å². The summed E-state index contributed by atoms with van der Waals surface area (Å²) in [7, 11) is 6.16. The Kier molecular flexibility index (Phi) is 7.25. The van der Waals surface area contributed by atoms with Gasteiger partial charge in [0, 0.05) is 25.7 Å². The SMILES string of the molecule is C[C@@H](CN(C)CCN(C)C)NC(=O)OC(C)(C)C. The Morgan fingerprint density at radius 3 is 2.22 bits per heavy atom.